The molecule has 1 N–H and O–H groups in total. The van der Waals surface area contributed by atoms with Crippen molar-refractivity contribution in [2.75, 3.05) is 33.4 Å². The molecule has 0 aromatic carbocycles. The molecule has 0 amide bonds. The summed E-state index contributed by atoms with van der Waals surface area (Å²) < 4.78 is 10.9. The lowest BCUT2D eigenvalue weighted by Gasteiger charge is -2.26. The van der Waals surface area contributed by atoms with Crippen molar-refractivity contribution >= 4 is 0 Å². The summed E-state index contributed by atoms with van der Waals surface area (Å²) in [7, 11) is 1.73. The Balaban J connectivity index is 2.01. The fraction of sp³-hybridized carbons (Fsp3) is 1.00. The van der Waals surface area contributed by atoms with Crippen LogP contribution >= 0.6 is 0 Å². The number of ether oxygens (including phenoxy) is 2. The number of nitrogens with one attached hydrogen (secondary N) is 1. The molecule has 15 heavy (non-hydrogen) atoms. The minimum atomic E-state index is 0.218. The molecular formula is C12H25NO2. The standard InChI is InChI=1S/C12H25NO2/c1-3-13-9-12(10-14-2)15-8-7-11-5-4-6-11/h11-13H,3-10H2,1-2H3. The molecule has 1 rings (SSSR count). The second-order valence-corrected chi connectivity index (χ2v) is 4.34. The maximum absolute atomic E-state index is 5.80. The molecular weight excluding hydrogens is 190 g/mol. The van der Waals surface area contributed by atoms with Gasteiger partial charge in [-0.1, -0.05) is 26.2 Å². The van der Waals surface area contributed by atoms with Crippen molar-refractivity contribution in [3.63, 3.8) is 0 Å². The molecule has 0 heterocycles. The highest BCUT2D eigenvalue weighted by molar-refractivity contribution is 4.69. The molecule has 3 heteroatoms. The fourth-order valence-corrected chi connectivity index (χ4v) is 1.84. The Bertz CT molecular complexity index is 149. The Kier molecular flexibility index (Phi) is 6.98. The summed E-state index contributed by atoms with van der Waals surface area (Å²) in [6.07, 6.45) is 5.68. The van der Waals surface area contributed by atoms with Crippen LogP contribution in [0.2, 0.25) is 0 Å². The summed E-state index contributed by atoms with van der Waals surface area (Å²) in [5, 5.41) is 3.29. The highest BCUT2D eigenvalue weighted by Gasteiger charge is 2.17. The Hall–Kier alpha value is -0.120. The Labute approximate surface area is 93.5 Å². The Morgan fingerprint density at radius 3 is 2.73 bits per heavy atom. The zero-order chi connectivity index (χ0) is 10.9. The second kappa shape index (κ2) is 8.08. The first-order valence-electron chi connectivity index (χ1n) is 6.18. The predicted octanol–water partition coefficient (Wildman–Crippen LogP) is 1.82. The topological polar surface area (TPSA) is 30.5 Å². The molecule has 0 radical (unpaired) electrons. The number of likely N-dealkylation sites (N-methyl/N-ethyl adjacent to an activating group) is 1. The van der Waals surface area contributed by atoms with Crippen LogP contribution in [0.1, 0.15) is 32.6 Å². The van der Waals surface area contributed by atoms with E-state index in [2.05, 4.69) is 12.2 Å². The second-order valence-electron chi connectivity index (χ2n) is 4.34. The van der Waals surface area contributed by atoms with Gasteiger partial charge in [0.2, 0.25) is 0 Å². The lowest BCUT2D eigenvalue weighted by molar-refractivity contribution is -0.00888. The average molecular weight is 215 g/mol. The van der Waals surface area contributed by atoms with E-state index in [9.17, 15) is 0 Å². The van der Waals surface area contributed by atoms with Gasteiger partial charge >= 0.3 is 0 Å². The minimum Gasteiger partial charge on any atom is -0.382 e. The lowest BCUT2D eigenvalue weighted by atomic mass is 9.83. The van der Waals surface area contributed by atoms with Gasteiger partial charge < -0.3 is 14.8 Å². The first-order chi connectivity index (χ1) is 7.36. The molecule has 0 aromatic heterocycles. The number of methoxy groups -OCH3 is 1. The van der Waals surface area contributed by atoms with Gasteiger partial charge in [-0.15, -0.1) is 0 Å². The molecule has 1 unspecified atom stereocenters. The van der Waals surface area contributed by atoms with Crippen molar-refractivity contribution in [2.24, 2.45) is 5.92 Å². The minimum absolute atomic E-state index is 0.218. The fourth-order valence-electron chi connectivity index (χ4n) is 1.84. The third kappa shape index (κ3) is 5.50. The lowest BCUT2D eigenvalue weighted by Crippen LogP contribution is -2.33. The molecule has 0 bridgehead atoms. The molecule has 3 nitrogen and oxygen atoms in total. The molecule has 1 fully saturated rings. The zero-order valence-electron chi connectivity index (χ0n) is 10.1. The Morgan fingerprint density at radius 2 is 2.20 bits per heavy atom. The maximum Gasteiger partial charge on any atom is 0.0932 e. The van der Waals surface area contributed by atoms with Crippen molar-refractivity contribution in [3.8, 4) is 0 Å². The number of hydrogen-bond donors (Lipinski definition) is 1. The first kappa shape index (κ1) is 12.9. The van der Waals surface area contributed by atoms with Crippen molar-refractivity contribution in [1.82, 2.24) is 5.32 Å². The van der Waals surface area contributed by atoms with Crippen LogP contribution in [0.4, 0.5) is 0 Å². The SMILES string of the molecule is CCNCC(COC)OCCC1CCC1. The van der Waals surface area contributed by atoms with E-state index in [-0.39, 0.29) is 6.10 Å². The average Bonchev–Trinajstić information content (AvgIpc) is 2.18. The van der Waals surface area contributed by atoms with Crippen LogP contribution in [0.25, 0.3) is 0 Å². The smallest absolute Gasteiger partial charge is 0.0932 e. The van der Waals surface area contributed by atoms with Crippen molar-refractivity contribution in [3.05, 3.63) is 0 Å². The van der Waals surface area contributed by atoms with Crippen molar-refractivity contribution < 1.29 is 9.47 Å². The molecule has 0 aromatic rings. The van der Waals surface area contributed by atoms with Gasteiger partial charge in [-0.3, -0.25) is 0 Å². The van der Waals surface area contributed by atoms with Crippen molar-refractivity contribution in [2.45, 2.75) is 38.7 Å². The van der Waals surface area contributed by atoms with Gasteiger partial charge in [0.25, 0.3) is 0 Å². The third-order valence-corrected chi connectivity index (χ3v) is 3.08. The molecule has 1 saturated carbocycles. The number of hydrogen-bond acceptors (Lipinski definition) is 3. The molecule has 0 saturated heterocycles. The van der Waals surface area contributed by atoms with E-state index in [1.807, 2.05) is 0 Å². The van der Waals surface area contributed by atoms with Gasteiger partial charge in [0, 0.05) is 20.3 Å². The van der Waals surface area contributed by atoms with E-state index in [4.69, 9.17) is 9.47 Å². The van der Waals surface area contributed by atoms with E-state index in [1.54, 1.807) is 7.11 Å². The van der Waals surface area contributed by atoms with Gasteiger partial charge in [0.1, 0.15) is 0 Å². The first-order valence-corrected chi connectivity index (χ1v) is 6.18. The molecule has 1 aliphatic carbocycles. The third-order valence-electron chi connectivity index (χ3n) is 3.08. The highest BCUT2D eigenvalue weighted by Crippen LogP contribution is 2.29. The molecule has 1 atom stereocenters. The van der Waals surface area contributed by atoms with Gasteiger partial charge in [-0.25, -0.2) is 0 Å². The quantitative estimate of drug-likeness (QED) is 0.636. The summed E-state index contributed by atoms with van der Waals surface area (Å²) in [5.41, 5.74) is 0. The van der Waals surface area contributed by atoms with Crippen LogP contribution in [0.15, 0.2) is 0 Å². The van der Waals surface area contributed by atoms with Crippen LogP contribution in [0, 0.1) is 5.92 Å². The van der Waals surface area contributed by atoms with E-state index in [0.29, 0.717) is 6.61 Å². The van der Waals surface area contributed by atoms with Crippen LogP contribution in [0.3, 0.4) is 0 Å². The highest BCUT2D eigenvalue weighted by atomic mass is 16.5. The van der Waals surface area contributed by atoms with Crippen LogP contribution in [-0.4, -0.2) is 39.5 Å². The molecule has 0 spiro atoms. The van der Waals surface area contributed by atoms with E-state index in [0.717, 1.165) is 25.6 Å². The maximum atomic E-state index is 5.80. The van der Waals surface area contributed by atoms with Crippen LogP contribution in [-0.2, 0) is 9.47 Å². The molecule has 90 valence electrons. The summed E-state index contributed by atoms with van der Waals surface area (Å²) in [4.78, 5) is 0. The molecule has 1 aliphatic rings. The van der Waals surface area contributed by atoms with Gasteiger partial charge in [-0.2, -0.15) is 0 Å². The summed E-state index contributed by atoms with van der Waals surface area (Å²) in [6.45, 7) is 5.58. The van der Waals surface area contributed by atoms with Gasteiger partial charge in [-0.05, 0) is 18.9 Å². The van der Waals surface area contributed by atoms with Crippen molar-refractivity contribution in [1.29, 1.82) is 0 Å². The van der Waals surface area contributed by atoms with Gasteiger partial charge in [0.15, 0.2) is 0 Å². The summed E-state index contributed by atoms with van der Waals surface area (Å²) >= 11 is 0. The van der Waals surface area contributed by atoms with Crippen LogP contribution in [0.5, 0.6) is 0 Å². The number of rotatable bonds is 9. The zero-order valence-corrected chi connectivity index (χ0v) is 10.1. The summed E-state index contributed by atoms with van der Waals surface area (Å²) in [5.74, 6) is 0.937. The van der Waals surface area contributed by atoms with Crippen LogP contribution < -0.4 is 5.32 Å². The molecule has 0 aliphatic heterocycles. The van der Waals surface area contributed by atoms with E-state index < -0.39 is 0 Å². The monoisotopic (exact) mass is 215 g/mol. The van der Waals surface area contributed by atoms with Gasteiger partial charge in [0.05, 0.1) is 12.7 Å². The predicted molar refractivity (Wildman–Crippen MR) is 62.1 cm³/mol. The summed E-state index contributed by atoms with van der Waals surface area (Å²) in [6, 6.07) is 0. The largest absolute Gasteiger partial charge is 0.382 e. The van der Waals surface area contributed by atoms with E-state index >= 15 is 0 Å². The normalized spacial score (nSPS) is 18.8. The Morgan fingerprint density at radius 1 is 1.40 bits per heavy atom. The van der Waals surface area contributed by atoms with E-state index in [1.165, 1.54) is 25.7 Å².